The molecule has 72 valence electrons. The second-order valence-electron chi connectivity index (χ2n) is 2.51. The predicted octanol–water partition coefficient (Wildman–Crippen LogP) is 3.34. The number of hydrogen-bond acceptors (Lipinski definition) is 3. The summed E-state index contributed by atoms with van der Waals surface area (Å²) < 4.78 is 13.5. The fraction of sp³-hybridized carbons (Fsp3) is 0.429. The van der Waals surface area contributed by atoms with Gasteiger partial charge in [0.1, 0.15) is 18.5 Å². The standard InChI is InChI=1S/C7H5ClI2O2S/c8-1-3-2-11-4-5(12-3)7(10)13-6(4)9/h3H,1-2H2. The molecule has 1 aliphatic heterocycles. The first-order valence-corrected chi connectivity index (χ1v) is 7.06. The van der Waals surface area contributed by atoms with Crippen LogP contribution in [0.25, 0.3) is 0 Å². The monoisotopic (exact) mass is 442 g/mol. The molecule has 1 aliphatic rings. The molecule has 0 bridgehead atoms. The van der Waals surface area contributed by atoms with Crippen LogP contribution in [0.2, 0.25) is 0 Å². The maximum atomic E-state index is 5.70. The Morgan fingerprint density at radius 3 is 2.77 bits per heavy atom. The van der Waals surface area contributed by atoms with Gasteiger partial charge in [0.15, 0.2) is 11.5 Å². The quantitative estimate of drug-likeness (QED) is 0.491. The molecule has 0 aliphatic carbocycles. The normalized spacial score (nSPS) is 20.4. The average molecular weight is 442 g/mol. The largest absolute Gasteiger partial charge is 0.484 e. The van der Waals surface area contributed by atoms with Crippen molar-refractivity contribution < 1.29 is 9.47 Å². The Hall–Kier alpha value is 1.05. The molecule has 0 radical (unpaired) electrons. The van der Waals surface area contributed by atoms with Crippen molar-refractivity contribution in [3.63, 3.8) is 0 Å². The van der Waals surface area contributed by atoms with E-state index in [9.17, 15) is 0 Å². The number of rotatable bonds is 1. The summed E-state index contributed by atoms with van der Waals surface area (Å²) >= 11 is 11.9. The van der Waals surface area contributed by atoms with E-state index >= 15 is 0 Å². The lowest BCUT2D eigenvalue weighted by molar-refractivity contribution is 0.106. The fourth-order valence-corrected chi connectivity index (χ4v) is 5.17. The smallest absolute Gasteiger partial charge is 0.187 e. The Morgan fingerprint density at radius 1 is 1.38 bits per heavy atom. The second kappa shape index (κ2) is 4.28. The molecule has 1 unspecified atom stereocenters. The van der Waals surface area contributed by atoms with Crippen LogP contribution < -0.4 is 9.47 Å². The third kappa shape index (κ3) is 2.03. The van der Waals surface area contributed by atoms with Crippen molar-refractivity contribution in [2.75, 3.05) is 12.5 Å². The van der Waals surface area contributed by atoms with Gasteiger partial charge in [0.25, 0.3) is 0 Å². The minimum Gasteiger partial charge on any atom is -0.484 e. The van der Waals surface area contributed by atoms with Crippen molar-refractivity contribution in [3.05, 3.63) is 5.77 Å². The number of fused-ring (bicyclic) bond motifs is 1. The van der Waals surface area contributed by atoms with E-state index in [2.05, 4.69) is 45.2 Å². The van der Waals surface area contributed by atoms with E-state index in [1.54, 1.807) is 11.3 Å². The lowest BCUT2D eigenvalue weighted by atomic mass is 10.4. The Morgan fingerprint density at radius 2 is 2.08 bits per heavy atom. The van der Waals surface area contributed by atoms with E-state index in [-0.39, 0.29) is 6.10 Å². The highest BCUT2D eigenvalue weighted by atomic mass is 127. The van der Waals surface area contributed by atoms with E-state index < -0.39 is 0 Å². The van der Waals surface area contributed by atoms with E-state index in [0.717, 1.165) is 17.3 Å². The van der Waals surface area contributed by atoms with Crippen LogP contribution in [0, 0.1) is 5.77 Å². The molecule has 1 atom stereocenters. The third-order valence-corrected chi connectivity index (χ3v) is 4.99. The maximum absolute atomic E-state index is 5.70. The molecule has 6 heteroatoms. The number of alkyl halides is 1. The zero-order chi connectivity index (χ0) is 9.42. The van der Waals surface area contributed by atoms with Crippen molar-refractivity contribution in [1.82, 2.24) is 0 Å². The van der Waals surface area contributed by atoms with Gasteiger partial charge in [0.05, 0.1) is 5.88 Å². The first-order valence-electron chi connectivity index (χ1n) is 3.55. The number of thiophene rings is 1. The van der Waals surface area contributed by atoms with Gasteiger partial charge >= 0.3 is 0 Å². The Kier molecular flexibility index (Phi) is 3.48. The van der Waals surface area contributed by atoms with Gasteiger partial charge in [0.2, 0.25) is 0 Å². The molecule has 2 rings (SSSR count). The maximum Gasteiger partial charge on any atom is 0.187 e. The van der Waals surface area contributed by atoms with Crippen LogP contribution in [0.15, 0.2) is 0 Å². The molecule has 0 saturated heterocycles. The van der Waals surface area contributed by atoms with Gasteiger partial charge in [-0.1, -0.05) is 0 Å². The highest BCUT2D eigenvalue weighted by Crippen LogP contribution is 2.45. The summed E-state index contributed by atoms with van der Waals surface area (Å²) in [6.45, 7) is 0.555. The van der Waals surface area contributed by atoms with E-state index in [0.29, 0.717) is 12.5 Å². The predicted molar refractivity (Wildman–Crippen MR) is 70.4 cm³/mol. The Balaban J connectivity index is 2.33. The summed E-state index contributed by atoms with van der Waals surface area (Å²) in [6, 6.07) is 0. The molecule has 0 aromatic carbocycles. The van der Waals surface area contributed by atoms with E-state index in [1.165, 1.54) is 0 Å². The second-order valence-corrected chi connectivity index (χ2v) is 7.46. The molecule has 1 aromatic heterocycles. The van der Waals surface area contributed by atoms with Crippen LogP contribution in [0.1, 0.15) is 0 Å². The minimum absolute atomic E-state index is 0.00640. The number of ether oxygens (including phenoxy) is 2. The van der Waals surface area contributed by atoms with Crippen molar-refractivity contribution >= 4 is 68.1 Å². The van der Waals surface area contributed by atoms with Crippen LogP contribution in [-0.4, -0.2) is 18.6 Å². The van der Waals surface area contributed by atoms with E-state index in [4.69, 9.17) is 21.1 Å². The summed E-state index contributed by atoms with van der Waals surface area (Å²) in [5.41, 5.74) is 0. The Labute approximate surface area is 112 Å². The summed E-state index contributed by atoms with van der Waals surface area (Å²) in [5, 5.41) is 0. The summed E-state index contributed by atoms with van der Waals surface area (Å²) in [6.07, 6.45) is -0.00640. The van der Waals surface area contributed by atoms with Crippen LogP contribution in [0.5, 0.6) is 11.5 Å². The van der Waals surface area contributed by atoms with Gasteiger partial charge in [-0.3, -0.25) is 0 Å². The molecule has 0 fully saturated rings. The minimum atomic E-state index is -0.00640. The van der Waals surface area contributed by atoms with Crippen molar-refractivity contribution in [2.45, 2.75) is 6.10 Å². The van der Waals surface area contributed by atoms with Crippen molar-refractivity contribution in [2.24, 2.45) is 0 Å². The topological polar surface area (TPSA) is 18.5 Å². The average Bonchev–Trinajstić information content (AvgIpc) is 2.42. The molecule has 13 heavy (non-hydrogen) atoms. The van der Waals surface area contributed by atoms with Gasteiger partial charge < -0.3 is 9.47 Å². The lowest BCUT2D eigenvalue weighted by Crippen LogP contribution is -2.30. The van der Waals surface area contributed by atoms with Crippen LogP contribution in [0.3, 0.4) is 0 Å². The molecule has 2 nitrogen and oxygen atoms in total. The lowest BCUT2D eigenvalue weighted by Gasteiger charge is -2.23. The summed E-state index contributed by atoms with van der Waals surface area (Å²) in [5.74, 6) is 2.23. The first-order chi connectivity index (χ1) is 6.22. The number of halogens is 3. The van der Waals surface area contributed by atoms with Gasteiger partial charge in [-0.25, -0.2) is 0 Å². The highest BCUT2D eigenvalue weighted by Gasteiger charge is 2.26. The first kappa shape index (κ1) is 10.6. The molecular formula is C7H5ClI2O2S. The van der Waals surface area contributed by atoms with Gasteiger partial charge in [-0.15, -0.1) is 22.9 Å². The Bertz CT molecular complexity index is 329. The molecule has 0 spiro atoms. The van der Waals surface area contributed by atoms with Crippen LogP contribution in [-0.2, 0) is 0 Å². The SMILES string of the molecule is ClCC1COc2c(I)sc(I)c2O1. The fourth-order valence-electron chi connectivity index (χ4n) is 1.03. The number of hydrogen-bond donors (Lipinski definition) is 0. The van der Waals surface area contributed by atoms with Crippen molar-refractivity contribution in [1.29, 1.82) is 0 Å². The van der Waals surface area contributed by atoms with Gasteiger partial charge in [0, 0.05) is 0 Å². The zero-order valence-corrected chi connectivity index (χ0v) is 12.2. The molecule has 1 aromatic rings. The molecule has 0 N–H and O–H groups in total. The van der Waals surface area contributed by atoms with Crippen LogP contribution in [0.4, 0.5) is 0 Å². The van der Waals surface area contributed by atoms with E-state index in [1.807, 2.05) is 0 Å². The van der Waals surface area contributed by atoms with Gasteiger partial charge in [-0.2, -0.15) is 0 Å². The summed E-state index contributed by atoms with van der Waals surface area (Å²) in [4.78, 5) is 0. The molecule has 0 amide bonds. The van der Waals surface area contributed by atoms with Crippen LogP contribution >= 0.6 is 68.1 Å². The molecular weight excluding hydrogens is 437 g/mol. The summed E-state index contributed by atoms with van der Waals surface area (Å²) in [7, 11) is 0. The van der Waals surface area contributed by atoms with Crippen molar-refractivity contribution in [3.8, 4) is 11.5 Å². The zero-order valence-electron chi connectivity index (χ0n) is 6.35. The molecule has 0 saturated carbocycles. The molecule has 2 heterocycles. The van der Waals surface area contributed by atoms with Gasteiger partial charge in [-0.05, 0) is 45.2 Å². The highest BCUT2D eigenvalue weighted by molar-refractivity contribution is 14.1. The third-order valence-electron chi connectivity index (χ3n) is 1.61.